The van der Waals surface area contributed by atoms with Crippen LogP contribution in [-0.2, 0) is 57.7 Å². The first kappa shape index (κ1) is 54.5. The molecular formula is C49H72N6O11. The van der Waals surface area contributed by atoms with Gasteiger partial charge >= 0.3 is 11.9 Å². The lowest BCUT2D eigenvalue weighted by Gasteiger charge is -2.37. The highest BCUT2D eigenvalue weighted by molar-refractivity contribution is 5.95. The molecule has 0 fully saturated rings. The normalized spacial score (nSPS) is 15.6. The summed E-state index contributed by atoms with van der Waals surface area (Å²) in [6.45, 7) is 5.25. The Morgan fingerprint density at radius 2 is 1.14 bits per heavy atom. The minimum atomic E-state index is -1.30. The zero-order valence-corrected chi connectivity index (χ0v) is 38.8. The van der Waals surface area contributed by atoms with Gasteiger partial charge in [0, 0.05) is 32.2 Å². The predicted molar refractivity (Wildman–Crippen MR) is 247 cm³/mol. The summed E-state index contributed by atoms with van der Waals surface area (Å²) in [6.07, 6.45) is 10.1. The monoisotopic (exact) mass is 921 g/mol. The molecule has 0 spiro atoms. The lowest BCUT2D eigenvalue weighted by atomic mass is 9.92. The number of nitrogens with zero attached hydrogens (tertiary/aromatic N) is 1. The molecule has 6 atom stereocenters. The quantitative estimate of drug-likeness (QED) is 0.0500. The van der Waals surface area contributed by atoms with Crippen LogP contribution in [0.3, 0.4) is 0 Å². The topological polar surface area (TPSA) is 275 Å². The summed E-state index contributed by atoms with van der Waals surface area (Å²) in [5.41, 5.74) is 7.71. The van der Waals surface area contributed by atoms with E-state index in [1.807, 2.05) is 38.1 Å². The van der Waals surface area contributed by atoms with Crippen LogP contribution in [0.5, 0.6) is 0 Å². The number of unbranched alkanes of at least 4 members (excludes halogenated alkanes) is 11. The molecule has 0 aliphatic carbocycles. The van der Waals surface area contributed by atoms with Crippen LogP contribution in [0.15, 0.2) is 54.6 Å². The Balaban J connectivity index is 1.28. The molecule has 0 saturated carbocycles. The fraction of sp³-hybridized carbons (Fsp3) is 0.592. The molecule has 0 saturated heterocycles. The standard InChI is InChI=1S/C49H72N6O11/c1-32(2)27-38(47(62)55-31-36-24-20-19-23-35(36)29-40(55)49(65)66)52-46(61)44(33(3)56)54-43(59)26-18-13-11-9-7-5-4-6-8-10-12-17-25-42(58)51-37(30-41(50)57)45(60)53-39(48(63)64)28-34-21-15-14-16-22-34/h14-16,19-24,32-33,37-40,44,56H,4-13,17-18,25-31H2,1-3H3,(H2,50,57)(H,51,58)(H,52,61)(H,53,60)(H,54,59)(H,63,64)(H,65,66)/t33?,37-,38-,39-,40?,44-/m0/s1. The van der Waals surface area contributed by atoms with Crippen LogP contribution in [-0.4, -0.2) is 104 Å². The number of carbonyl (C=O) groups is 8. The summed E-state index contributed by atoms with van der Waals surface area (Å²) >= 11 is 0. The van der Waals surface area contributed by atoms with E-state index in [4.69, 9.17) is 5.73 Å². The Labute approximate surface area is 388 Å². The molecule has 2 unspecified atom stereocenters. The highest BCUT2D eigenvalue weighted by Crippen LogP contribution is 2.25. The van der Waals surface area contributed by atoms with Crippen molar-refractivity contribution in [2.75, 3.05) is 0 Å². The van der Waals surface area contributed by atoms with Gasteiger partial charge < -0.3 is 47.2 Å². The number of aliphatic hydroxyl groups excluding tert-OH is 1. The van der Waals surface area contributed by atoms with Crippen LogP contribution in [0.25, 0.3) is 0 Å². The number of benzene rings is 2. The molecule has 17 nitrogen and oxygen atoms in total. The molecule has 2 aromatic rings. The fourth-order valence-corrected chi connectivity index (χ4v) is 8.12. The van der Waals surface area contributed by atoms with Gasteiger partial charge in [0.05, 0.1) is 12.5 Å². The first-order chi connectivity index (χ1) is 31.5. The number of aliphatic carboxylic acids is 2. The van der Waals surface area contributed by atoms with Crippen molar-refractivity contribution in [1.82, 2.24) is 26.2 Å². The lowest BCUT2D eigenvalue weighted by Crippen LogP contribution is -2.59. The lowest BCUT2D eigenvalue weighted by molar-refractivity contribution is -0.153. The van der Waals surface area contributed by atoms with Crippen molar-refractivity contribution < 1.29 is 53.7 Å². The van der Waals surface area contributed by atoms with Crippen LogP contribution in [0.4, 0.5) is 0 Å². The zero-order chi connectivity index (χ0) is 48.6. The number of carboxylic acid groups (broad SMARTS) is 2. The SMILES string of the molecule is CC(C)C[C@H](NC(=O)[C@@H](NC(=O)CCCCCCCCCCCCCCC(=O)N[C@@H](CC(N)=O)C(=O)N[C@@H](Cc1ccccc1)C(=O)O)C(C)O)C(=O)N1Cc2ccccc2CC1C(=O)O. The summed E-state index contributed by atoms with van der Waals surface area (Å²) in [4.78, 5) is 103. The van der Waals surface area contributed by atoms with Crippen molar-refractivity contribution >= 4 is 47.4 Å². The minimum Gasteiger partial charge on any atom is -0.480 e. The molecule has 364 valence electrons. The maximum Gasteiger partial charge on any atom is 0.326 e. The number of nitrogens with one attached hydrogen (secondary N) is 4. The number of carbonyl (C=O) groups excluding carboxylic acids is 6. The van der Waals surface area contributed by atoms with Crippen LogP contribution < -0.4 is 27.0 Å². The maximum absolute atomic E-state index is 13.9. The number of hydrogen-bond donors (Lipinski definition) is 8. The second-order valence-electron chi connectivity index (χ2n) is 17.9. The largest absolute Gasteiger partial charge is 0.480 e. The Morgan fingerprint density at radius 1 is 0.636 bits per heavy atom. The third kappa shape index (κ3) is 19.7. The second-order valence-corrected chi connectivity index (χ2v) is 17.9. The number of aliphatic hydroxyl groups is 1. The molecule has 17 heteroatoms. The number of hydrogen-bond acceptors (Lipinski definition) is 9. The average Bonchev–Trinajstić information content (AvgIpc) is 3.26. The third-order valence-corrected chi connectivity index (χ3v) is 11.7. The van der Waals surface area contributed by atoms with Crippen molar-refractivity contribution in [2.24, 2.45) is 11.7 Å². The van der Waals surface area contributed by atoms with Gasteiger partial charge in [-0.1, -0.05) is 133 Å². The first-order valence-electron chi connectivity index (χ1n) is 23.5. The van der Waals surface area contributed by atoms with Gasteiger partial charge in [0.25, 0.3) is 0 Å². The summed E-state index contributed by atoms with van der Waals surface area (Å²) in [5, 5.41) is 40.4. The summed E-state index contributed by atoms with van der Waals surface area (Å²) < 4.78 is 0. The molecule has 1 aliphatic heterocycles. The third-order valence-electron chi connectivity index (χ3n) is 11.7. The predicted octanol–water partition coefficient (Wildman–Crippen LogP) is 4.05. The number of amides is 6. The van der Waals surface area contributed by atoms with E-state index in [0.29, 0.717) is 18.4 Å². The number of fused-ring (bicyclic) bond motifs is 1. The molecule has 1 heterocycles. The Hall–Kier alpha value is -5.84. The molecule has 0 aromatic heterocycles. The van der Waals surface area contributed by atoms with E-state index in [2.05, 4.69) is 21.3 Å². The summed E-state index contributed by atoms with van der Waals surface area (Å²) in [5.74, 6) is -6.04. The molecular weight excluding hydrogens is 849 g/mol. The minimum absolute atomic E-state index is 0.0253. The van der Waals surface area contributed by atoms with Crippen LogP contribution in [0, 0.1) is 5.92 Å². The van der Waals surface area contributed by atoms with Gasteiger partial charge in [-0.3, -0.25) is 28.8 Å². The van der Waals surface area contributed by atoms with E-state index >= 15 is 0 Å². The van der Waals surface area contributed by atoms with E-state index in [-0.39, 0.29) is 50.5 Å². The van der Waals surface area contributed by atoms with Gasteiger partial charge in [-0.2, -0.15) is 0 Å². The van der Waals surface area contributed by atoms with Crippen molar-refractivity contribution in [2.45, 2.75) is 179 Å². The smallest absolute Gasteiger partial charge is 0.326 e. The number of nitrogens with two attached hydrogens (primary N) is 1. The van der Waals surface area contributed by atoms with Crippen molar-refractivity contribution in [3.05, 3.63) is 71.3 Å². The van der Waals surface area contributed by atoms with E-state index in [1.54, 1.807) is 30.3 Å². The van der Waals surface area contributed by atoms with E-state index in [0.717, 1.165) is 75.3 Å². The van der Waals surface area contributed by atoms with Crippen LogP contribution >= 0.6 is 0 Å². The van der Waals surface area contributed by atoms with Gasteiger partial charge in [-0.05, 0) is 48.8 Å². The first-order valence-corrected chi connectivity index (χ1v) is 23.5. The molecule has 2 aromatic carbocycles. The van der Waals surface area contributed by atoms with E-state index in [9.17, 15) is 53.7 Å². The number of primary amides is 1. The van der Waals surface area contributed by atoms with E-state index in [1.165, 1.54) is 11.8 Å². The number of carboxylic acids is 2. The van der Waals surface area contributed by atoms with Crippen molar-refractivity contribution in [3.8, 4) is 0 Å². The van der Waals surface area contributed by atoms with Gasteiger partial charge in [-0.25, -0.2) is 9.59 Å². The molecule has 1 aliphatic rings. The van der Waals surface area contributed by atoms with Gasteiger partial charge in [-0.15, -0.1) is 0 Å². The average molecular weight is 921 g/mol. The molecule has 66 heavy (non-hydrogen) atoms. The highest BCUT2D eigenvalue weighted by Gasteiger charge is 2.39. The molecule has 0 bridgehead atoms. The molecule has 6 amide bonds. The fourth-order valence-electron chi connectivity index (χ4n) is 8.12. The molecule has 3 rings (SSSR count). The Kier molecular flexibility index (Phi) is 23.9. The van der Waals surface area contributed by atoms with Gasteiger partial charge in [0.15, 0.2) is 0 Å². The Bertz CT molecular complexity index is 1910. The van der Waals surface area contributed by atoms with Crippen molar-refractivity contribution in [3.63, 3.8) is 0 Å². The second kappa shape index (κ2) is 28.9. The van der Waals surface area contributed by atoms with Gasteiger partial charge in [0.1, 0.15) is 30.2 Å². The van der Waals surface area contributed by atoms with Crippen LogP contribution in [0.1, 0.15) is 140 Å². The number of rotatable bonds is 31. The maximum atomic E-state index is 13.9. The highest BCUT2D eigenvalue weighted by atomic mass is 16.4. The zero-order valence-electron chi connectivity index (χ0n) is 38.8. The van der Waals surface area contributed by atoms with Gasteiger partial charge in [0.2, 0.25) is 35.4 Å². The summed E-state index contributed by atoms with van der Waals surface area (Å²) in [7, 11) is 0. The molecule has 0 radical (unpaired) electrons. The Morgan fingerprint density at radius 3 is 1.64 bits per heavy atom. The van der Waals surface area contributed by atoms with Crippen molar-refractivity contribution in [1.29, 1.82) is 0 Å². The van der Waals surface area contributed by atoms with E-state index < -0.39 is 84.2 Å². The summed E-state index contributed by atoms with van der Waals surface area (Å²) in [6, 6.07) is 10.2. The molecule has 9 N–H and O–H groups in total. The van der Waals surface area contributed by atoms with Crippen LogP contribution in [0.2, 0.25) is 0 Å².